The first-order chi connectivity index (χ1) is 13.5. The number of hydrogen-bond donors (Lipinski definition) is 1. The molecule has 0 fully saturated rings. The lowest BCUT2D eigenvalue weighted by Crippen LogP contribution is -2.22. The maximum Gasteiger partial charge on any atom is 0.338 e. The van der Waals surface area contributed by atoms with Crippen LogP contribution in [-0.4, -0.2) is 28.0 Å². The van der Waals surface area contributed by atoms with Gasteiger partial charge in [-0.05, 0) is 43.2 Å². The van der Waals surface area contributed by atoms with Crippen LogP contribution in [0.5, 0.6) is 0 Å². The molecule has 0 aliphatic carbocycles. The molecule has 0 bridgehead atoms. The van der Waals surface area contributed by atoms with E-state index in [1.165, 1.54) is 12.1 Å². The van der Waals surface area contributed by atoms with Crippen molar-refractivity contribution >= 4 is 28.5 Å². The Labute approximate surface area is 161 Å². The molecule has 4 rings (SSSR count). The highest BCUT2D eigenvalue weighted by atomic mass is 16.5. The number of benzene rings is 2. The fourth-order valence-electron chi connectivity index (χ4n) is 3.32. The van der Waals surface area contributed by atoms with Gasteiger partial charge in [-0.2, -0.15) is 0 Å². The number of nitrogens with zero attached hydrogens (tertiary/aromatic N) is 2. The number of carbonyl (C=O) groups excluding carboxylic acids is 2. The van der Waals surface area contributed by atoms with E-state index in [0.717, 1.165) is 24.2 Å². The van der Waals surface area contributed by atoms with Gasteiger partial charge in [-0.1, -0.05) is 18.2 Å². The molecule has 1 N–H and O–H groups in total. The zero-order valence-corrected chi connectivity index (χ0v) is 15.4. The fraction of sp³-hybridized carbons (Fsp3) is 0.238. The highest BCUT2D eigenvalue weighted by Gasteiger charge is 2.18. The van der Waals surface area contributed by atoms with E-state index in [-0.39, 0.29) is 11.1 Å². The molecule has 2 aromatic carbocycles. The zero-order valence-electron chi connectivity index (χ0n) is 15.4. The van der Waals surface area contributed by atoms with E-state index in [1.807, 2.05) is 25.1 Å². The average Bonchev–Trinajstić information content (AvgIpc) is 3.16. The molecule has 0 unspecified atom stereocenters. The first-order valence-corrected chi connectivity index (χ1v) is 9.09. The maximum absolute atomic E-state index is 12.5. The number of anilines is 1. The Morgan fingerprint density at radius 2 is 2.04 bits per heavy atom. The monoisotopic (exact) mass is 377 g/mol. The van der Waals surface area contributed by atoms with E-state index in [2.05, 4.69) is 10.3 Å². The first kappa shape index (κ1) is 17.9. The predicted octanol–water partition coefficient (Wildman–Crippen LogP) is 2.45. The number of aromatic nitrogens is 2. The summed E-state index contributed by atoms with van der Waals surface area (Å²) in [5.41, 5.74) is 2.23. The highest BCUT2D eigenvalue weighted by Crippen LogP contribution is 2.17. The first-order valence-electron chi connectivity index (χ1n) is 9.09. The number of carbonyl (C=O) groups is 2. The van der Waals surface area contributed by atoms with Gasteiger partial charge in [0.2, 0.25) is 0 Å². The van der Waals surface area contributed by atoms with E-state index in [9.17, 15) is 14.4 Å². The Morgan fingerprint density at radius 1 is 1.21 bits per heavy atom. The highest BCUT2D eigenvalue weighted by molar-refractivity contribution is 5.97. The molecule has 0 atom stereocenters. The number of nitrogens with one attached hydrogen (secondary N) is 1. The molecule has 0 radical (unpaired) electrons. The molecule has 0 spiro atoms. The summed E-state index contributed by atoms with van der Waals surface area (Å²) < 4.78 is 6.79. The van der Waals surface area contributed by atoms with Gasteiger partial charge in [0.15, 0.2) is 6.61 Å². The second-order valence-corrected chi connectivity index (χ2v) is 6.76. The number of rotatable bonds is 4. The summed E-state index contributed by atoms with van der Waals surface area (Å²) in [6, 6.07) is 12.0. The number of esters is 1. The summed E-state index contributed by atoms with van der Waals surface area (Å²) in [4.78, 5) is 41.3. The molecule has 28 heavy (non-hydrogen) atoms. The minimum atomic E-state index is -0.635. The van der Waals surface area contributed by atoms with Gasteiger partial charge in [0.25, 0.3) is 11.5 Å². The molecule has 1 aliphatic rings. The van der Waals surface area contributed by atoms with Crippen molar-refractivity contribution in [2.24, 2.45) is 0 Å². The lowest BCUT2D eigenvalue weighted by atomic mass is 10.1. The smallest absolute Gasteiger partial charge is 0.338 e. The minimum Gasteiger partial charge on any atom is -0.452 e. The zero-order chi connectivity index (χ0) is 19.7. The number of aryl methyl sites for hydroxylation is 2. The molecule has 1 aliphatic heterocycles. The number of fused-ring (bicyclic) bond motifs is 2. The van der Waals surface area contributed by atoms with Crippen LogP contribution in [0.2, 0.25) is 0 Å². The second kappa shape index (κ2) is 7.26. The van der Waals surface area contributed by atoms with Gasteiger partial charge in [-0.15, -0.1) is 0 Å². The van der Waals surface area contributed by atoms with Gasteiger partial charge < -0.3 is 10.1 Å². The molecule has 0 saturated heterocycles. The van der Waals surface area contributed by atoms with Crippen LogP contribution in [0.25, 0.3) is 10.9 Å². The van der Waals surface area contributed by atoms with Crippen LogP contribution in [0.4, 0.5) is 5.69 Å². The molecule has 0 saturated carbocycles. The third-order valence-corrected chi connectivity index (χ3v) is 4.81. The summed E-state index contributed by atoms with van der Waals surface area (Å²) in [6.07, 6.45) is 1.64. The Kier molecular flexibility index (Phi) is 4.65. The van der Waals surface area contributed by atoms with Crippen molar-refractivity contribution < 1.29 is 14.3 Å². The summed E-state index contributed by atoms with van der Waals surface area (Å²) in [5.74, 6) is -0.317. The second-order valence-electron chi connectivity index (χ2n) is 6.76. The minimum absolute atomic E-state index is 0.0879. The normalized spacial score (nSPS) is 12.6. The molecule has 7 nitrogen and oxygen atoms in total. The summed E-state index contributed by atoms with van der Waals surface area (Å²) in [6.45, 7) is 2.16. The molecule has 2 heterocycles. The molecule has 1 aromatic heterocycles. The van der Waals surface area contributed by atoms with E-state index in [0.29, 0.717) is 23.1 Å². The summed E-state index contributed by atoms with van der Waals surface area (Å²) in [5, 5.41) is 3.18. The van der Waals surface area contributed by atoms with Gasteiger partial charge in [0.05, 0.1) is 16.5 Å². The number of amides is 1. The van der Waals surface area contributed by atoms with E-state index in [1.54, 1.807) is 16.7 Å². The molecule has 1 amide bonds. The van der Waals surface area contributed by atoms with Crippen LogP contribution in [0.1, 0.15) is 28.2 Å². The average molecular weight is 377 g/mol. The van der Waals surface area contributed by atoms with Gasteiger partial charge in [0.1, 0.15) is 5.82 Å². The van der Waals surface area contributed by atoms with Crippen molar-refractivity contribution in [1.82, 2.24) is 9.55 Å². The molecule has 3 aromatic rings. The van der Waals surface area contributed by atoms with Crippen LogP contribution in [0, 0.1) is 6.92 Å². The Hall–Kier alpha value is -3.48. The lowest BCUT2D eigenvalue weighted by Gasteiger charge is -2.09. The predicted molar refractivity (Wildman–Crippen MR) is 104 cm³/mol. The fourth-order valence-corrected chi connectivity index (χ4v) is 3.32. The molecular weight excluding hydrogens is 358 g/mol. The van der Waals surface area contributed by atoms with Crippen LogP contribution < -0.4 is 10.9 Å². The van der Waals surface area contributed by atoms with Gasteiger partial charge in [-0.25, -0.2) is 9.78 Å². The topological polar surface area (TPSA) is 90.3 Å². The van der Waals surface area contributed by atoms with Crippen molar-refractivity contribution in [3.05, 3.63) is 69.8 Å². The van der Waals surface area contributed by atoms with Crippen molar-refractivity contribution in [1.29, 1.82) is 0 Å². The third kappa shape index (κ3) is 3.38. The SMILES string of the molecule is Cc1ccccc1NC(=O)COC(=O)c1ccc2c(=O)n3c(nc2c1)CCC3. The van der Waals surface area contributed by atoms with Gasteiger partial charge in [0, 0.05) is 18.7 Å². The van der Waals surface area contributed by atoms with Crippen LogP contribution in [0.15, 0.2) is 47.3 Å². The number of para-hydroxylation sites is 1. The van der Waals surface area contributed by atoms with Crippen molar-refractivity contribution in [3.8, 4) is 0 Å². The van der Waals surface area contributed by atoms with E-state index >= 15 is 0 Å². The molecule has 7 heteroatoms. The standard InChI is InChI=1S/C21H19N3O4/c1-13-5-2-3-6-16(13)23-19(25)12-28-21(27)14-8-9-15-17(11-14)22-18-7-4-10-24(18)20(15)26/h2-3,5-6,8-9,11H,4,7,10,12H2,1H3,(H,23,25). The van der Waals surface area contributed by atoms with Crippen LogP contribution >= 0.6 is 0 Å². The molecular formula is C21H19N3O4. The Bertz CT molecular complexity index is 1150. The quantitative estimate of drug-likeness (QED) is 0.706. The van der Waals surface area contributed by atoms with E-state index in [4.69, 9.17) is 4.74 Å². The molecule has 142 valence electrons. The lowest BCUT2D eigenvalue weighted by molar-refractivity contribution is -0.119. The summed E-state index contributed by atoms with van der Waals surface area (Å²) >= 11 is 0. The van der Waals surface area contributed by atoms with Gasteiger partial charge >= 0.3 is 5.97 Å². The van der Waals surface area contributed by atoms with Crippen LogP contribution in [-0.2, 0) is 22.5 Å². The van der Waals surface area contributed by atoms with E-state index < -0.39 is 18.5 Å². The van der Waals surface area contributed by atoms with Gasteiger partial charge in [-0.3, -0.25) is 14.2 Å². The largest absolute Gasteiger partial charge is 0.452 e. The number of hydrogen-bond acceptors (Lipinski definition) is 5. The Morgan fingerprint density at radius 3 is 2.86 bits per heavy atom. The summed E-state index contributed by atoms with van der Waals surface area (Å²) in [7, 11) is 0. The third-order valence-electron chi connectivity index (χ3n) is 4.81. The van der Waals surface area contributed by atoms with Crippen molar-refractivity contribution in [2.45, 2.75) is 26.3 Å². The van der Waals surface area contributed by atoms with Crippen LogP contribution in [0.3, 0.4) is 0 Å². The Balaban J connectivity index is 1.47. The van der Waals surface area contributed by atoms with Crippen molar-refractivity contribution in [3.63, 3.8) is 0 Å². The van der Waals surface area contributed by atoms with Crippen molar-refractivity contribution in [2.75, 3.05) is 11.9 Å². The maximum atomic E-state index is 12.5. The number of ether oxygens (including phenoxy) is 1.